The molecule has 0 bridgehead atoms. The zero-order valence-corrected chi connectivity index (χ0v) is 27.1. The second-order valence-corrected chi connectivity index (χ2v) is 13.3. The zero-order valence-electron chi connectivity index (χ0n) is 27.1. The number of alkyl halides is 26. The van der Waals surface area contributed by atoms with Crippen LogP contribution in [-0.2, 0) is 0 Å². The van der Waals surface area contributed by atoms with Crippen LogP contribution in [0.3, 0.4) is 0 Å². The lowest BCUT2D eigenvalue weighted by Crippen LogP contribution is -2.70. The quantitative estimate of drug-likeness (QED) is 0.0846. The van der Waals surface area contributed by atoms with Gasteiger partial charge in [-0.05, 0) is 0 Å². The summed E-state index contributed by atoms with van der Waals surface area (Å²) in [4.78, 5) is 0. The van der Waals surface area contributed by atoms with E-state index in [-0.39, 0.29) is 19.5 Å². The lowest BCUT2D eigenvalue weighted by molar-refractivity contribution is -0.909. The Labute approximate surface area is 282 Å². The summed E-state index contributed by atoms with van der Waals surface area (Å²) in [5.41, 5.74) is 0. The molecular formula is C25H30F26N2+2. The summed E-state index contributed by atoms with van der Waals surface area (Å²) in [5, 5.41) is 0. The number of hydrogen-bond acceptors (Lipinski definition) is 0. The highest BCUT2D eigenvalue weighted by atomic mass is 19.4. The van der Waals surface area contributed by atoms with Gasteiger partial charge in [0.1, 0.15) is 0 Å². The van der Waals surface area contributed by atoms with Crippen LogP contribution in [0.5, 0.6) is 0 Å². The molecule has 28 heteroatoms. The van der Waals surface area contributed by atoms with Crippen LogP contribution in [0.1, 0.15) is 32.1 Å². The van der Waals surface area contributed by atoms with Crippen molar-refractivity contribution in [1.82, 2.24) is 0 Å². The Kier molecular flexibility index (Phi) is 14.0. The van der Waals surface area contributed by atoms with E-state index in [1.165, 1.54) is 0 Å². The van der Waals surface area contributed by atoms with Crippen LogP contribution in [0.4, 0.5) is 114 Å². The molecule has 53 heavy (non-hydrogen) atoms. The molecule has 0 amide bonds. The van der Waals surface area contributed by atoms with Crippen LogP contribution in [0.2, 0.25) is 0 Å². The highest BCUT2D eigenvalue weighted by Gasteiger charge is 2.92. The molecule has 0 rings (SSSR count). The molecule has 0 aliphatic rings. The van der Waals surface area contributed by atoms with Gasteiger partial charge in [-0.2, -0.15) is 114 Å². The lowest BCUT2D eigenvalue weighted by Gasteiger charge is -2.40. The Balaban J connectivity index is 5.49. The van der Waals surface area contributed by atoms with Crippen molar-refractivity contribution < 1.29 is 123 Å². The molecule has 0 aromatic carbocycles. The molecule has 0 heterocycles. The number of rotatable bonds is 20. The van der Waals surface area contributed by atoms with Crippen LogP contribution in [0.15, 0.2) is 0 Å². The van der Waals surface area contributed by atoms with E-state index in [0.29, 0.717) is 0 Å². The van der Waals surface area contributed by atoms with Gasteiger partial charge in [-0.25, -0.2) is 0 Å². The maximum Gasteiger partial charge on any atom is 0.460 e. The minimum absolute atomic E-state index is 0.202. The van der Waals surface area contributed by atoms with E-state index in [1.807, 2.05) is 0 Å². The van der Waals surface area contributed by atoms with Crippen molar-refractivity contribution >= 4 is 0 Å². The predicted molar refractivity (Wildman–Crippen MR) is 128 cm³/mol. The lowest BCUT2D eigenvalue weighted by atomic mass is 9.92. The van der Waals surface area contributed by atoms with Gasteiger partial charge in [-0.15, -0.1) is 0 Å². The van der Waals surface area contributed by atoms with Crippen molar-refractivity contribution in [2.45, 2.75) is 104 Å². The molecule has 0 spiro atoms. The third-order valence-corrected chi connectivity index (χ3v) is 8.03. The van der Waals surface area contributed by atoms with Gasteiger partial charge in [0.15, 0.2) is 0 Å². The second-order valence-electron chi connectivity index (χ2n) is 13.3. The summed E-state index contributed by atoms with van der Waals surface area (Å²) in [6.45, 7) is -2.07. The Hall–Kier alpha value is -1.90. The normalized spacial score (nSPS) is 16.4. The van der Waals surface area contributed by atoms with E-state index in [2.05, 4.69) is 0 Å². The van der Waals surface area contributed by atoms with Gasteiger partial charge < -0.3 is 8.97 Å². The molecule has 2 nitrogen and oxygen atoms in total. The first-order chi connectivity index (χ1) is 22.6. The summed E-state index contributed by atoms with van der Waals surface area (Å²) < 4.78 is 344. The Bertz CT molecular complexity index is 1120. The summed E-state index contributed by atoms with van der Waals surface area (Å²) in [5.74, 6) is -75.5. The molecule has 0 aliphatic heterocycles. The molecule has 0 radical (unpaired) electrons. The Morgan fingerprint density at radius 2 is 0.453 bits per heavy atom. The molecule has 0 saturated heterocycles. The predicted octanol–water partition coefficient (Wildman–Crippen LogP) is 10.6. The van der Waals surface area contributed by atoms with Crippen molar-refractivity contribution in [3.63, 3.8) is 0 Å². The average molecular weight is 852 g/mol. The van der Waals surface area contributed by atoms with E-state index in [9.17, 15) is 114 Å². The van der Waals surface area contributed by atoms with Gasteiger partial charge in [0, 0.05) is 32.1 Å². The average Bonchev–Trinajstić information content (AvgIpc) is 2.90. The van der Waals surface area contributed by atoms with Crippen molar-refractivity contribution in [2.24, 2.45) is 0 Å². The summed E-state index contributed by atoms with van der Waals surface area (Å²) in [6.07, 6.45) is -23.0. The summed E-state index contributed by atoms with van der Waals surface area (Å²) in [6, 6.07) is 0. The molecule has 0 atom stereocenters. The fraction of sp³-hybridized carbons (Fsp3) is 1.00. The van der Waals surface area contributed by atoms with Crippen molar-refractivity contribution in [2.75, 3.05) is 54.4 Å². The topological polar surface area (TPSA) is 0 Å². The van der Waals surface area contributed by atoms with Gasteiger partial charge in [0.25, 0.3) is 0 Å². The first-order valence-corrected chi connectivity index (χ1v) is 14.2. The summed E-state index contributed by atoms with van der Waals surface area (Å²) >= 11 is 0. The largest absolute Gasteiger partial charge is 0.460 e. The molecule has 0 unspecified atom stereocenters. The molecule has 0 aromatic heterocycles. The number of quaternary nitrogens is 2. The van der Waals surface area contributed by atoms with Crippen LogP contribution in [0.25, 0.3) is 0 Å². The van der Waals surface area contributed by atoms with Crippen LogP contribution < -0.4 is 0 Å². The van der Waals surface area contributed by atoms with Crippen molar-refractivity contribution in [1.29, 1.82) is 0 Å². The van der Waals surface area contributed by atoms with Crippen molar-refractivity contribution in [3.05, 3.63) is 0 Å². The van der Waals surface area contributed by atoms with Gasteiger partial charge in [0.05, 0.1) is 54.4 Å². The molecule has 0 saturated carbocycles. The van der Waals surface area contributed by atoms with Gasteiger partial charge >= 0.3 is 71.6 Å². The standard InChI is InChI=1S/C25H30F26N2/c1-52(2,10-5-8-14(26,27)16(30,31)18(34,35)20(38,39)22(42,43)24(46,47)48)12-7-13-53(3,4)11-6-9-15(28,29)17(32,33)19(36,37)21(40,41)23(44,45)25(49,50)51/h5-13H2,1-4H3/q+2. The fourth-order valence-electron chi connectivity index (χ4n) is 4.53. The van der Waals surface area contributed by atoms with E-state index >= 15 is 0 Å². The molecule has 320 valence electrons. The smallest absolute Gasteiger partial charge is 0.328 e. The molecule has 0 aromatic rings. The molecule has 0 N–H and O–H groups in total. The van der Waals surface area contributed by atoms with Crippen molar-refractivity contribution in [3.8, 4) is 0 Å². The second kappa shape index (κ2) is 14.6. The van der Waals surface area contributed by atoms with Crippen LogP contribution >= 0.6 is 0 Å². The number of halogens is 26. The highest BCUT2D eigenvalue weighted by Crippen LogP contribution is 2.62. The monoisotopic (exact) mass is 852 g/mol. The van der Waals surface area contributed by atoms with E-state index in [1.54, 1.807) is 0 Å². The highest BCUT2D eigenvalue weighted by molar-refractivity contribution is 5.11. The number of hydrogen-bond donors (Lipinski definition) is 0. The third kappa shape index (κ3) is 9.22. The minimum atomic E-state index is -8.07. The van der Waals surface area contributed by atoms with E-state index in [4.69, 9.17) is 0 Å². The van der Waals surface area contributed by atoms with Gasteiger partial charge in [-0.3, -0.25) is 0 Å². The SMILES string of the molecule is C[N+](C)(CCCC(F)(F)C(F)(F)C(F)(F)C(F)(F)C(F)(F)C(F)(F)F)CCC[N+](C)(C)CCCC(F)(F)C(F)(F)C(F)(F)C(F)(F)C(F)(F)C(F)(F)F. The van der Waals surface area contributed by atoms with Crippen LogP contribution in [-0.4, -0.2) is 135 Å². The zero-order chi connectivity index (χ0) is 43.4. The summed E-state index contributed by atoms with van der Waals surface area (Å²) in [7, 11) is 4.46. The molecule has 0 aliphatic carbocycles. The van der Waals surface area contributed by atoms with Gasteiger partial charge in [-0.1, -0.05) is 0 Å². The van der Waals surface area contributed by atoms with E-state index in [0.717, 1.165) is 28.2 Å². The fourth-order valence-corrected chi connectivity index (χ4v) is 4.53. The first-order valence-electron chi connectivity index (χ1n) is 14.2. The maximum absolute atomic E-state index is 14.0. The third-order valence-electron chi connectivity index (χ3n) is 8.03. The number of nitrogens with zero attached hydrogens (tertiary/aromatic N) is 2. The van der Waals surface area contributed by atoms with Crippen LogP contribution in [0, 0.1) is 0 Å². The minimum Gasteiger partial charge on any atom is -0.328 e. The maximum atomic E-state index is 14.0. The Morgan fingerprint density at radius 3 is 0.660 bits per heavy atom. The van der Waals surface area contributed by atoms with Gasteiger partial charge in [0.2, 0.25) is 0 Å². The Morgan fingerprint density at radius 1 is 0.264 bits per heavy atom. The molecule has 0 fully saturated rings. The first kappa shape index (κ1) is 51.1. The molecular weight excluding hydrogens is 822 g/mol. The van der Waals surface area contributed by atoms with E-state index < -0.39 is 119 Å².